The molecule has 0 saturated carbocycles. The van der Waals surface area contributed by atoms with Crippen molar-refractivity contribution in [2.45, 2.75) is 6.92 Å². The third-order valence-corrected chi connectivity index (χ3v) is 2.97. The number of nitrogen functional groups attached to an aromatic ring is 1. The molecule has 0 aliphatic heterocycles. The van der Waals surface area contributed by atoms with Crippen LogP contribution in [0.5, 0.6) is 11.6 Å². The minimum Gasteiger partial charge on any atom is -0.462 e. The smallest absolute Gasteiger partial charge is 0.340 e. The molecule has 1 heterocycles. The Bertz CT molecular complexity index is 614. The van der Waals surface area contributed by atoms with Crippen LogP contribution in [-0.4, -0.2) is 17.6 Å². The van der Waals surface area contributed by atoms with E-state index in [1.807, 2.05) is 12.1 Å². The predicted octanol–water partition coefficient (Wildman–Crippen LogP) is 3.40. The SMILES string of the molecule is CCOC(=O)c1cc(Oc2ccc(Br)cc2)ncc1N. The van der Waals surface area contributed by atoms with Gasteiger partial charge in [-0.1, -0.05) is 15.9 Å². The zero-order valence-electron chi connectivity index (χ0n) is 10.8. The van der Waals surface area contributed by atoms with Crippen molar-refractivity contribution in [1.29, 1.82) is 0 Å². The highest BCUT2D eigenvalue weighted by atomic mass is 79.9. The first-order chi connectivity index (χ1) is 9.60. The molecule has 0 fully saturated rings. The van der Waals surface area contributed by atoms with Gasteiger partial charge in [0.05, 0.1) is 24.1 Å². The van der Waals surface area contributed by atoms with Crippen LogP contribution in [0, 0.1) is 0 Å². The van der Waals surface area contributed by atoms with Crippen molar-refractivity contribution in [2.24, 2.45) is 0 Å². The molecular formula is C14H13BrN2O3. The topological polar surface area (TPSA) is 74.4 Å². The second-order valence-corrected chi connectivity index (χ2v) is 4.80. The van der Waals surface area contributed by atoms with E-state index in [0.29, 0.717) is 5.75 Å². The zero-order chi connectivity index (χ0) is 14.5. The first-order valence-corrected chi connectivity index (χ1v) is 6.75. The van der Waals surface area contributed by atoms with Gasteiger partial charge in [-0.2, -0.15) is 0 Å². The summed E-state index contributed by atoms with van der Waals surface area (Å²) in [5.41, 5.74) is 6.21. The fourth-order valence-electron chi connectivity index (χ4n) is 1.51. The van der Waals surface area contributed by atoms with Gasteiger partial charge in [0.25, 0.3) is 0 Å². The number of ether oxygens (including phenoxy) is 2. The Labute approximate surface area is 124 Å². The molecule has 0 bridgehead atoms. The van der Waals surface area contributed by atoms with Crippen LogP contribution in [0.1, 0.15) is 17.3 Å². The molecule has 0 amide bonds. The number of nitrogens with two attached hydrogens (primary N) is 1. The van der Waals surface area contributed by atoms with Crippen molar-refractivity contribution in [3.05, 3.63) is 46.6 Å². The Kier molecular flexibility index (Phi) is 4.57. The lowest BCUT2D eigenvalue weighted by Crippen LogP contribution is -2.08. The molecule has 104 valence electrons. The number of hydrogen-bond donors (Lipinski definition) is 1. The van der Waals surface area contributed by atoms with E-state index in [4.69, 9.17) is 15.2 Å². The van der Waals surface area contributed by atoms with Gasteiger partial charge in [-0.3, -0.25) is 0 Å². The molecule has 0 aliphatic carbocycles. The lowest BCUT2D eigenvalue weighted by Gasteiger charge is -2.08. The molecule has 0 atom stereocenters. The zero-order valence-corrected chi connectivity index (χ0v) is 12.4. The van der Waals surface area contributed by atoms with Gasteiger partial charge < -0.3 is 15.2 Å². The number of halogens is 1. The summed E-state index contributed by atoms with van der Waals surface area (Å²) in [5, 5.41) is 0. The molecule has 20 heavy (non-hydrogen) atoms. The van der Waals surface area contributed by atoms with E-state index in [9.17, 15) is 4.79 Å². The van der Waals surface area contributed by atoms with Crippen molar-refractivity contribution in [3.8, 4) is 11.6 Å². The molecule has 0 unspecified atom stereocenters. The number of carbonyl (C=O) groups is 1. The molecule has 5 nitrogen and oxygen atoms in total. The fourth-order valence-corrected chi connectivity index (χ4v) is 1.78. The highest BCUT2D eigenvalue weighted by Gasteiger charge is 2.13. The monoisotopic (exact) mass is 336 g/mol. The number of pyridine rings is 1. The molecule has 2 N–H and O–H groups in total. The van der Waals surface area contributed by atoms with Gasteiger partial charge in [-0.15, -0.1) is 0 Å². The van der Waals surface area contributed by atoms with E-state index < -0.39 is 5.97 Å². The third-order valence-electron chi connectivity index (χ3n) is 2.44. The lowest BCUT2D eigenvalue weighted by atomic mass is 10.2. The van der Waals surface area contributed by atoms with Crippen LogP contribution < -0.4 is 10.5 Å². The minimum atomic E-state index is -0.493. The molecule has 2 aromatic rings. The number of rotatable bonds is 4. The molecule has 0 spiro atoms. The van der Waals surface area contributed by atoms with Gasteiger partial charge in [0.2, 0.25) is 5.88 Å². The normalized spacial score (nSPS) is 10.1. The van der Waals surface area contributed by atoms with Crippen LogP contribution in [0.25, 0.3) is 0 Å². The number of hydrogen-bond acceptors (Lipinski definition) is 5. The number of carbonyl (C=O) groups excluding carboxylic acids is 1. The van der Waals surface area contributed by atoms with Crippen molar-refractivity contribution < 1.29 is 14.3 Å². The highest BCUT2D eigenvalue weighted by molar-refractivity contribution is 9.10. The van der Waals surface area contributed by atoms with Crippen LogP contribution in [-0.2, 0) is 4.74 Å². The predicted molar refractivity (Wildman–Crippen MR) is 78.8 cm³/mol. The summed E-state index contributed by atoms with van der Waals surface area (Å²) in [6, 6.07) is 8.73. The van der Waals surface area contributed by atoms with Crippen molar-refractivity contribution in [1.82, 2.24) is 4.98 Å². The number of benzene rings is 1. The summed E-state index contributed by atoms with van der Waals surface area (Å²) in [6.07, 6.45) is 1.38. The molecule has 0 saturated heterocycles. The third kappa shape index (κ3) is 3.48. The summed E-state index contributed by atoms with van der Waals surface area (Å²) in [7, 11) is 0. The average Bonchev–Trinajstić information content (AvgIpc) is 2.43. The largest absolute Gasteiger partial charge is 0.462 e. The van der Waals surface area contributed by atoms with E-state index in [-0.39, 0.29) is 23.7 Å². The second-order valence-electron chi connectivity index (χ2n) is 3.89. The first-order valence-electron chi connectivity index (χ1n) is 5.96. The Morgan fingerprint density at radius 2 is 2.05 bits per heavy atom. The molecule has 0 aliphatic rings. The summed E-state index contributed by atoms with van der Waals surface area (Å²) in [6.45, 7) is 2.01. The maximum atomic E-state index is 11.7. The van der Waals surface area contributed by atoms with Crippen LogP contribution in [0.4, 0.5) is 5.69 Å². The average molecular weight is 337 g/mol. The summed E-state index contributed by atoms with van der Waals surface area (Å²) in [4.78, 5) is 15.8. The molecule has 1 aromatic carbocycles. The number of anilines is 1. The van der Waals surface area contributed by atoms with E-state index in [1.54, 1.807) is 19.1 Å². The molecule has 6 heteroatoms. The van der Waals surface area contributed by atoms with Crippen LogP contribution in [0.3, 0.4) is 0 Å². The van der Waals surface area contributed by atoms with E-state index >= 15 is 0 Å². The summed E-state index contributed by atoms with van der Waals surface area (Å²) in [5.74, 6) is 0.401. The van der Waals surface area contributed by atoms with Gasteiger partial charge in [0.1, 0.15) is 5.75 Å². The van der Waals surface area contributed by atoms with E-state index in [1.165, 1.54) is 12.3 Å². The van der Waals surface area contributed by atoms with Gasteiger partial charge in [-0.25, -0.2) is 9.78 Å². The van der Waals surface area contributed by atoms with Crippen LogP contribution in [0.2, 0.25) is 0 Å². The molecule has 1 aromatic heterocycles. The number of esters is 1. The van der Waals surface area contributed by atoms with Crippen LogP contribution in [0.15, 0.2) is 41.0 Å². The first kappa shape index (κ1) is 14.3. The highest BCUT2D eigenvalue weighted by Crippen LogP contribution is 2.24. The Morgan fingerprint density at radius 1 is 1.35 bits per heavy atom. The molecule has 0 radical (unpaired) electrons. The summed E-state index contributed by atoms with van der Waals surface area (Å²) < 4.78 is 11.4. The maximum Gasteiger partial charge on any atom is 0.340 e. The lowest BCUT2D eigenvalue weighted by molar-refractivity contribution is 0.0527. The quantitative estimate of drug-likeness (QED) is 0.866. The molecular weight excluding hydrogens is 324 g/mol. The number of nitrogens with zero attached hydrogens (tertiary/aromatic N) is 1. The van der Waals surface area contributed by atoms with Crippen molar-refractivity contribution in [3.63, 3.8) is 0 Å². The van der Waals surface area contributed by atoms with Gasteiger partial charge in [0.15, 0.2) is 0 Å². The van der Waals surface area contributed by atoms with Gasteiger partial charge in [-0.05, 0) is 31.2 Å². The summed E-state index contributed by atoms with van der Waals surface area (Å²) >= 11 is 3.34. The minimum absolute atomic E-state index is 0.244. The fraction of sp³-hybridized carbons (Fsp3) is 0.143. The Balaban J connectivity index is 2.22. The standard InChI is InChI=1S/C14H13BrN2O3/c1-2-19-14(18)11-7-13(17-8-12(11)16)20-10-5-3-9(15)4-6-10/h3-8H,2,16H2,1H3. The van der Waals surface area contributed by atoms with Gasteiger partial charge in [0, 0.05) is 10.5 Å². The van der Waals surface area contributed by atoms with Crippen molar-refractivity contribution >= 4 is 27.6 Å². The van der Waals surface area contributed by atoms with Crippen LogP contribution >= 0.6 is 15.9 Å². The second kappa shape index (κ2) is 6.38. The molecule has 2 rings (SSSR count). The van der Waals surface area contributed by atoms with E-state index in [2.05, 4.69) is 20.9 Å². The maximum absolute atomic E-state index is 11.7. The van der Waals surface area contributed by atoms with Crippen molar-refractivity contribution in [2.75, 3.05) is 12.3 Å². The Morgan fingerprint density at radius 3 is 2.70 bits per heavy atom. The Hall–Kier alpha value is -2.08. The van der Waals surface area contributed by atoms with E-state index in [0.717, 1.165) is 4.47 Å². The van der Waals surface area contributed by atoms with Gasteiger partial charge >= 0.3 is 5.97 Å². The number of aromatic nitrogens is 1.